The summed E-state index contributed by atoms with van der Waals surface area (Å²) in [5.74, 6) is 0.873. The lowest BCUT2D eigenvalue weighted by Crippen LogP contribution is -2.10. The highest BCUT2D eigenvalue weighted by Crippen LogP contribution is 2.27. The largest absolute Gasteiger partial charge is 0.497 e. The van der Waals surface area contributed by atoms with E-state index in [0.29, 0.717) is 0 Å². The van der Waals surface area contributed by atoms with Gasteiger partial charge in [0.15, 0.2) is 0 Å². The highest BCUT2D eigenvalue weighted by molar-refractivity contribution is 6.05. The van der Waals surface area contributed by atoms with E-state index in [4.69, 9.17) is 9.73 Å². The third-order valence-electron chi connectivity index (χ3n) is 4.40. The third-order valence-corrected chi connectivity index (χ3v) is 4.40. The Morgan fingerprint density at radius 1 is 0.920 bits per heavy atom. The van der Waals surface area contributed by atoms with Crippen LogP contribution < -0.4 is 4.74 Å². The van der Waals surface area contributed by atoms with Gasteiger partial charge in [-0.25, -0.2) is 0 Å². The van der Waals surface area contributed by atoms with Crippen molar-refractivity contribution in [1.82, 2.24) is 0 Å². The van der Waals surface area contributed by atoms with Gasteiger partial charge in [-0.05, 0) is 40.3 Å². The number of nitrogens with zero attached hydrogens (tertiary/aromatic N) is 1. The number of rotatable bonds is 4. The van der Waals surface area contributed by atoms with Gasteiger partial charge in [-0.2, -0.15) is 0 Å². The average molecular weight is 331 g/mol. The van der Waals surface area contributed by atoms with Crippen molar-refractivity contribution < 1.29 is 4.74 Å². The molecular weight excluding hydrogens is 306 g/mol. The van der Waals surface area contributed by atoms with E-state index in [-0.39, 0.29) is 5.41 Å². The Morgan fingerprint density at radius 3 is 2.20 bits per heavy atom. The molecule has 0 aromatic heterocycles. The van der Waals surface area contributed by atoms with Crippen molar-refractivity contribution in [3.05, 3.63) is 77.4 Å². The molecule has 0 unspecified atom stereocenters. The van der Waals surface area contributed by atoms with Gasteiger partial charge in [0.25, 0.3) is 0 Å². The molecule has 0 spiro atoms. The molecule has 128 valence electrons. The van der Waals surface area contributed by atoms with Gasteiger partial charge in [0, 0.05) is 12.1 Å². The van der Waals surface area contributed by atoms with Crippen LogP contribution >= 0.6 is 0 Å². The molecule has 1 heterocycles. The first kappa shape index (κ1) is 17.2. The quantitative estimate of drug-likeness (QED) is 0.684. The predicted octanol–water partition coefficient (Wildman–Crippen LogP) is 5.89. The molecule has 2 aromatic carbocycles. The Morgan fingerprint density at radius 2 is 1.60 bits per heavy atom. The summed E-state index contributed by atoms with van der Waals surface area (Å²) in [7, 11) is 1.68. The van der Waals surface area contributed by atoms with Crippen LogP contribution in [0, 0.1) is 0 Å². The number of methoxy groups -OCH3 is 1. The van der Waals surface area contributed by atoms with Crippen molar-refractivity contribution in [3.8, 4) is 5.75 Å². The van der Waals surface area contributed by atoms with Crippen LogP contribution in [0.4, 0.5) is 0 Å². The first-order valence-corrected chi connectivity index (χ1v) is 8.66. The predicted molar refractivity (Wildman–Crippen MR) is 107 cm³/mol. The fourth-order valence-corrected chi connectivity index (χ4v) is 2.78. The minimum Gasteiger partial charge on any atom is -0.497 e. The van der Waals surface area contributed by atoms with E-state index >= 15 is 0 Å². The van der Waals surface area contributed by atoms with E-state index in [9.17, 15) is 0 Å². The Hall–Kier alpha value is -2.61. The normalized spacial score (nSPS) is 14.6. The molecule has 1 aliphatic rings. The van der Waals surface area contributed by atoms with Crippen LogP contribution in [-0.2, 0) is 5.41 Å². The summed E-state index contributed by atoms with van der Waals surface area (Å²) in [6.45, 7) is 6.70. The maximum absolute atomic E-state index is 5.18. The number of aliphatic imine (C=N–C) groups is 1. The van der Waals surface area contributed by atoms with Gasteiger partial charge in [0.1, 0.15) is 5.75 Å². The summed E-state index contributed by atoms with van der Waals surface area (Å²) in [6.07, 6.45) is 7.26. The number of ether oxygens (including phenoxy) is 1. The second kappa shape index (κ2) is 7.10. The van der Waals surface area contributed by atoms with Crippen LogP contribution in [-0.4, -0.2) is 12.8 Å². The molecule has 2 heteroatoms. The van der Waals surface area contributed by atoms with E-state index in [1.807, 2.05) is 24.3 Å². The lowest BCUT2D eigenvalue weighted by atomic mass is 9.86. The second-order valence-corrected chi connectivity index (χ2v) is 7.33. The van der Waals surface area contributed by atoms with Gasteiger partial charge >= 0.3 is 0 Å². The zero-order valence-corrected chi connectivity index (χ0v) is 15.4. The van der Waals surface area contributed by atoms with Crippen LogP contribution in [0.25, 0.3) is 11.8 Å². The molecule has 0 radical (unpaired) electrons. The Bertz CT molecular complexity index is 816. The average Bonchev–Trinajstić information content (AvgIpc) is 3.09. The van der Waals surface area contributed by atoms with Crippen molar-refractivity contribution >= 4 is 17.5 Å². The molecule has 0 fully saturated rings. The van der Waals surface area contributed by atoms with E-state index < -0.39 is 0 Å². The van der Waals surface area contributed by atoms with Gasteiger partial charge < -0.3 is 4.74 Å². The molecule has 0 saturated heterocycles. The van der Waals surface area contributed by atoms with Crippen molar-refractivity contribution in [1.29, 1.82) is 0 Å². The molecule has 0 amide bonds. The highest BCUT2D eigenvalue weighted by Gasteiger charge is 2.14. The topological polar surface area (TPSA) is 21.6 Å². The van der Waals surface area contributed by atoms with Crippen LogP contribution in [0.2, 0.25) is 0 Å². The fraction of sp³-hybridized carbons (Fsp3) is 0.261. The first-order valence-electron chi connectivity index (χ1n) is 8.66. The molecular formula is C23H25NO. The smallest absolute Gasteiger partial charge is 0.118 e. The Balaban J connectivity index is 1.69. The minimum atomic E-state index is 0.179. The standard InChI is InChI=1S/C23H25NO/c1-23(2,3)19-10-8-18(9-11-19)22-16-13-20(24-22)12-5-17-6-14-21(25-4)15-7-17/h5-12,14-16H,13H2,1-4H3/b12-5+. The first-order chi connectivity index (χ1) is 12.0. The van der Waals surface area contributed by atoms with Crippen molar-refractivity contribution in [2.75, 3.05) is 7.11 Å². The third kappa shape index (κ3) is 4.27. The summed E-state index contributed by atoms with van der Waals surface area (Å²) in [5.41, 5.74) is 6.00. The van der Waals surface area contributed by atoms with Gasteiger partial charge in [-0.15, -0.1) is 0 Å². The molecule has 3 rings (SSSR count). The van der Waals surface area contributed by atoms with Crippen LogP contribution in [0.5, 0.6) is 5.75 Å². The Kier molecular flexibility index (Phi) is 4.89. The maximum Gasteiger partial charge on any atom is 0.118 e. The summed E-state index contributed by atoms with van der Waals surface area (Å²) >= 11 is 0. The molecule has 0 saturated carbocycles. The van der Waals surface area contributed by atoms with Crippen LogP contribution in [0.1, 0.15) is 43.9 Å². The zero-order valence-electron chi connectivity index (χ0n) is 15.4. The summed E-state index contributed by atoms with van der Waals surface area (Å²) in [5, 5.41) is 0. The van der Waals surface area contributed by atoms with E-state index in [2.05, 4.69) is 63.3 Å². The van der Waals surface area contributed by atoms with Crippen LogP contribution in [0.3, 0.4) is 0 Å². The SMILES string of the molecule is COc1ccc(/C=C/C2=NC(c3ccc(C(C)(C)C)cc3)=CC2)cc1. The maximum atomic E-state index is 5.18. The van der Waals surface area contributed by atoms with Crippen LogP contribution in [0.15, 0.2) is 65.7 Å². The number of hydrogen-bond donors (Lipinski definition) is 0. The molecule has 0 bridgehead atoms. The highest BCUT2D eigenvalue weighted by atomic mass is 16.5. The number of hydrogen-bond acceptors (Lipinski definition) is 2. The summed E-state index contributed by atoms with van der Waals surface area (Å²) in [4.78, 5) is 4.77. The zero-order chi connectivity index (χ0) is 17.9. The van der Waals surface area contributed by atoms with Gasteiger partial charge in [0.05, 0.1) is 12.8 Å². The Labute approximate surface area is 150 Å². The van der Waals surface area contributed by atoms with Gasteiger partial charge in [-0.3, -0.25) is 4.99 Å². The molecule has 0 atom stereocenters. The fourth-order valence-electron chi connectivity index (χ4n) is 2.78. The molecule has 0 aliphatic carbocycles. The summed E-state index contributed by atoms with van der Waals surface area (Å²) < 4.78 is 5.18. The number of allylic oxidation sites excluding steroid dienone is 2. The van der Waals surface area contributed by atoms with Gasteiger partial charge in [0.2, 0.25) is 0 Å². The summed E-state index contributed by atoms with van der Waals surface area (Å²) in [6, 6.07) is 16.8. The molecule has 25 heavy (non-hydrogen) atoms. The van der Waals surface area contributed by atoms with Gasteiger partial charge in [-0.1, -0.05) is 69.3 Å². The molecule has 1 aliphatic heterocycles. The second-order valence-electron chi connectivity index (χ2n) is 7.33. The molecule has 2 aromatic rings. The van der Waals surface area contributed by atoms with Crippen molar-refractivity contribution in [2.45, 2.75) is 32.6 Å². The molecule has 0 N–H and O–H groups in total. The molecule has 2 nitrogen and oxygen atoms in total. The lowest BCUT2D eigenvalue weighted by molar-refractivity contribution is 0.415. The monoisotopic (exact) mass is 331 g/mol. The van der Waals surface area contributed by atoms with E-state index in [1.165, 1.54) is 11.1 Å². The van der Waals surface area contributed by atoms with Crippen molar-refractivity contribution in [2.24, 2.45) is 4.99 Å². The minimum absolute atomic E-state index is 0.179. The lowest BCUT2D eigenvalue weighted by Gasteiger charge is -2.19. The van der Waals surface area contributed by atoms with Crippen molar-refractivity contribution in [3.63, 3.8) is 0 Å². The number of benzene rings is 2. The van der Waals surface area contributed by atoms with E-state index in [0.717, 1.165) is 29.1 Å². The van der Waals surface area contributed by atoms with E-state index in [1.54, 1.807) is 7.11 Å².